The molecular weight excluding hydrogens is 216 g/mol. The molecule has 0 aromatic rings. The molecule has 4 nitrogen and oxygen atoms in total. The molecule has 1 saturated heterocycles. The molecule has 0 spiro atoms. The molecule has 0 aromatic carbocycles. The lowest BCUT2D eigenvalue weighted by molar-refractivity contribution is -0.00992. The Morgan fingerprint density at radius 1 is 1.35 bits per heavy atom. The van der Waals surface area contributed by atoms with Crippen molar-refractivity contribution in [3.63, 3.8) is 0 Å². The molecule has 0 radical (unpaired) electrons. The fourth-order valence-electron chi connectivity index (χ4n) is 2.62. The van der Waals surface area contributed by atoms with E-state index in [-0.39, 0.29) is 6.10 Å². The second kappa shape index (κ2) is 6.14. The lowest BCUT2D eigenvalue weighted by atomic mass is 10.1. The maximum absolute atomic E-state index is 9.84. The highest BCUT2D eigenvalue weighted by Crippen LogP contribution is 2.15. The van der Waals surface area contributed by atoms with Gasteiger partial charge in [0.2, 0.25) is 0 Å². The fourth-order valence-corrected chi connectivity index (χ4v) is 2.62. The van der Waals surface area contributed by atoms with Gasteiger partial charge in [-0.3, -0.25) is 9.80 Å². The zero-order valence-electron chi connectivity index (χ0n) is 11.7. The fraction of sp³-hybridized carbons (Fsp3) is 1.00. The molecule has 0 aromatic heterocycles. The van der Waals surface area contributed by atoms with E-state index in [4.69, 9.17) is 0 Å². The van der Waals surface area contributed by atoms with Gasteiger partial charge in [0.15, 0.2) is 0 Å². The van der Waals surface area contributed by atoms with Crippen LogP contribution in [0.3, 0.4) is 0 Å². The number of aliphatic hydroxyl groups is 2. The van der Waals surface area contributed by atoms with Crippen LogP contribution in [0, 0.1) is 0 Å². The maximum atomic E-state index is 9.84. The van der Waals surface area contributed by atoms with E-state index < -0.39 is 5.60 Å². The first-order valence-corrected chi connectivity index (χ1v) is 6.68. The van der Waals surface area contributed by atoms with Crippen LogP contribution in [0.2, 0.25) is 0 Å². The number of aliphatic hydroxyl groups excluding tert-OH is 1. The molecule has 0 amide bonds. The van der Waals surface area contributed by atoms with Crippen LogP contribution in [0.5, 0.6) is 0 Å². The van der Waals surface area contributed by atoms with E-state index in [2.05, 4.69) is 16.7 Å². The molecule has 0 unspecified atom stereocenters. The SMILES string of the molecule is CC[C@H]1CN(CC(C)(C)O)CCN1C[C@H](C)O. The number of hydrogen-bond donors (Lipinski definition) is 2. The Hall–Kier alpha value is -0.160. The summed E-state index contributed by atoms with van der Waals surface area (Å²) < 4.78 is 0. The predicted molar refractivity (Wildman–Crippen MR) is 70.1 cm³/mol. The van der Waals surface area contributed by atoms with Gasteiger partial charge in [-0.2, -0.15) is 0 Å². The van der Waals surface area contributed by atoms with Crippen molar-refractivity contribution in [2.45, 2.75) is 51.9 Å². The molecule has 0 bridgehead atoms. The van der Waals surface area contributed by atoms with E-state index in [0.29, 0.717) is 6.04 Å². The van der Waals surface area contributed by atoms with Gasteiger partial charge < -0.3 is 10.2 Å². The first-order chi connectivity index (χ1) is 7.81. The zero-order valence-corrected chi connectivity index (χ0v) is 11.7. The molecule has 0 aliphatic carbocycles. The quantitative estimate of drug-likeness (QED) is 0.741. The third kappa shape index (κ3) is 5.34. The van der Waals surface area contributed by atoms with Crippen molar-refractivity contribution in [2.75, 3.05) is 32.7 Å². The summed E-state index contributed by atoms with van der Waals surface area (Å²) in [5.74, 6) is 0. The van der Waals surface area contributed by atoms with Crippen molar-refractivity contribution in [3.8, 4) is 0 Å². The topological polar surface area (TPSA) is 46.9 Å². The minimum absolute atomic E-state index is 0.259. The van der Waals surface area contributed by atoms with Crippen molar-refractivity contribution in [1.82, 2.24) is 9.80 Å². The summed E-state index contributed by atoms with van der Waals surface area (Å²) >= 11 is 0. The first kappa shape index (κ1) is 14.9. The van der Waals surface area contributed by atoms with Gasteiger partial charge in [-0.15, -0.1) is 0 Å². The van der Waals surface area contributed by atoms with Gasteiger partial charge in [-0.1, -0.05) is 6.92 Å². The van der Waals surface area contributed by atoms with Crippen LogP contribution >= 0.6 is 0 Å². The Kier molecular flexibility index (Phi) is 5.38. The average Bonchev–Trinajstić information content (AvgIpc) is 2.17. The molecule has 17 heavy (non-hydrogen) atoms. The molecule has 1 fully saturated rings. The zero-order chi connectivity index (χ0) is 13.1. The third-order valence-corrected chi connectivity index (χ3v) is 3.27. The monoisotopic (exact) mass is 244 g/mol. The molecular formula is C13H28N2O2. The first-order valence-electron chi connectivity index (χ1n) is 6.68. The second-order valence-corrected chi connectivity index (χ2v) is 5.95. The Morgan fingerprint density at radius 3 is 2.47 bits per heavy atom. The summed E-state index contributed by atoms with van der Waals surface area (Å²) in [5, 5.41) is 19.3. The predicted octanol–water partition coefficient (Wildman–Crippen LogP) is 0.534. The average molecular weight is 244 g/mol. The molecule has 1 aliphatic rings. The summed E-state index contributed by atoms with van der Waals surface area (Å²) in [5.41, 5.74) is -0.620. The molecule has 2 N–H and O–H groups in total. The summed E-state index contributed by atoms with van der Waals surface area (Å²) in [7, 11) is 0. The van der Waals surface area contributed by atoms with Crippen LogP contribution < -0.4 is 0 Å². The largest absolute Gasteiger partial charge is 0.392 e. The highest BCUT2D eigenvalue weighted by Gasteiger charge is 2.28. The minimum Gasteiger partial charge on any atom is -0.392 e. The number of β-amino-alcohol motifs (C(OH)–C–C–N with tert-alkyl or cyclic N) is 2. The standard InChI is InChI=1S/C13H28N2O2/c1-5-12-9-14(10-13(3,4)17)6-7-15(12)8-11(2)16/h11-12,16-17H,5-10H2,1-4H3/t11-,12-/m0/s1. The van der Waals surface area contributed by atoms with Gasteiger partial charge >= 0.3 is 0 Å². The van der Waals surface area contributed by atoms with Crippen LogP contribution in [-0.4, -0.2) is 70.5 Å². The van der Waals surface area contributed by atoms with Gasteiger partial charge in [0.1, 0.15) is 0 Å². The minimum atomic E-state index is -0.620. The van der Waals surface area contributed by atoms with Gasteiger partial charge in [-0.05, 0) is 27.2 Å². The normalized spacial score (nSPS) is 26.1. The highest BCUT2D eigenvalue weighted by atomic mass is 16.3. The van der Waals surface area contributed by atoms with Crippen molar-refractivity contribution in [1.29, 1.82) is 0 Å². The van der Waals surface area contributed by atoms with Crippen LogP contribution in [0.4, 0.5) is 0 Å². The number of hydrogen-bond acceptors (Lipinski definition) is 4. The molecule has 2 atom stereocenters. The van der Waals surface area contributed by atoms with E-state index in [1.807, 2.05) is 20.8 Å². The molecule has 1 rings (SSSR count). The molecule has 0 saturated carbocycles. The van der Waals surface area contributed by atoms with Crippen molar-refractivity contribution < 1.29 is 10.2 Å². The smallest absolute Gasteiger partial charge is 0.0718 e. The van der Waals surface area contributed by atoms with Gasteiger partial charge in [0.25, 0.3) is 0 Å². The third-order valence-electron chi connectivity index (χ3n) is 3.27. The lowest BCUT2D eigenvalue weighted by Crippen LogP contribution is -2.56. The molecule has 102 valence electrons. The summed E-state index contributed by atoms with van der Waals surface area (Å²) in [6, 6.07) is 0.501. The van der Waals surface area contributed by atoms with Crippen LogP contribution in [-0.2, 0) is 0 Å². The lowest BCUT2D eigenvalue weighted by Gasteiger charge is -2.43. The van der Waals surface area contributed by atoms with Crippen molar-refractivity contribution >= 4 is 0 Å². The summed E-state index contributed by atoms with van der Waals surface area (Å²) in [4.78, 5) is 4.69. The van der Waals surface area contributed by atoms with Crippen LogP contribution in [0.25, 0.3) is 0 Å². The Morgan fingerprint density at radius 2 is 2.00 bits per heavy atom. The van der Waals surface area contributed by atoms with E-state index in [9.17, 15) is 10.2 Å². The van der Waals surface area contributed by atoms with E-state index in [1.165, 1.54) is 0 Å². The number of nitrogens with zero attached hydrogens (tertiary/aromatic N) is 2. The number of piperazine rings is 1. The van der Waals surface area contributed by atoms with E-state index in [1.54, 1.807) is 0 Å². The second-order valence-electron chi connectivity index (χ2n) is 5.95. The van der Waals surface area contributed by atoms with Crippen LogP contribution in [0.15, 0.2) is 0 Å². The molecule has 1 heterocycles. The maximum Gasteiger partial charge on any atom is 0.0718 e. The molecule has 1 aliphatic heterocycles. The summed E-state index contributed by atoms with van der Waals surface area (Å²) in [6.07, 6.45) is 0.833. The Labute approximate surface area is 105 Å². The van der Waals surface area contributed by atoms with Gasteiger partial charge in [0.05, 0.1) is 11.7 Å². The molecule has 4 heteroatoms. The van der Waals surface area contributed by atoms with E-state index >= 15 is 0 Å². The highest BCUT2D eigenvalue weighted by molar-refractivity contribution is 4.84. The van der Waals surface area contributed by atoms with Crippen molar-refractivity contribution in [2.24, 2.45) is 0 Å². The van der Waals surface area contributed by atoms with Gasteiger partial charge in [0, 0.05) is 38.8 Å². The van der Waals surface area contributed by atoms with Gasteiger partial charge in [-0.25, -0.2) is 0 Å². The number of rotatable bonds is 5. The van der Waals surface area contributed by atoms with E-state index in [0.717, 1.165) is 39.1 Å². The Balaban J connectivity index is 2.48. The van der Waals surface area contributed by atoms with Crippen molar-refractivity contribution in [3.05, 3.63) is 0 Å². The summed E-state index contributed by atoms with van der Waals surface area (Å²) in [6.45, 7) is 12.2. The Bertz CT molecular complexity index is 226. The van der Waals surface area contributed by atoms with Crippen LogP contribution in [0.1, 0.15) is 34.1 Å².